The molecule has 0 aliphatic heterocycles. The third kappa shape index (κ3) is 2.85. The van der Waals surface area contributed by atoms with E-state index in [0.29, 0.717) is 5.02 Å². The van der Waals surface area contributed by atoms with Gasteiger partial charge in [0.1, 0.15) is 0 Å². The third-order valence-corrected chi connectivity index (χ3v) is 3.00. The van der Waals surface area contributed by atoms with E-state index in [1.165, 1.54) is 0 Å². The lowest BCUT2D eigenvalue weighted by Crippen LogP contribution is -2.41. The van der Waals surface area contributed by atoms with Gasteiger partial charge >= 0.3 is 0 Å². The molecule has 6 nitrogen and oxygen atoms in total. The summed E-state index contributed by atoms with van der Waals surface area (Å²) in [5, 5.41) is 13.1. The zero-order chi connectivity index (χ0) is 14.0. The maximum atomic E-state index is 12.1. The van der Waals surface area contributed by atoms with Gasteiger partial charge < -0.3 is 11.1 Å². The van der Waals surface area contributed by atoms with Gasteiger partial charge in [-0.1, -0.05) is 23.7 Å². The van der Waals surface area contributed by atoms with Crippen molar-refractivity contribution in [3.8, 4) is 0 Å². The number of H-pyrrole nitrogens is 1. The standard InChI is InChI=1S/C12H14ClN5O/c1-12(2,7-4-3-5-8(13)6-7)15-11(19)9-10(14)17-18-16-9/h3-6H,1-2H3,(H,15,19)(H3,14,16,17,18). The van der Waals surface area contributed by atoms with E-state index < -0.39 is 11.4 Å². The molecule has 0 spiro atoms. The number of benzene rings is 1. The number of halogens is 1. The first-order valence-corrected chi connectivity index (χ1v) is 6.03. The molecule has 0 aliphatic carbocycles. The van der Waals surface area contributed by atoms with Crippen LogP contribution in [0.2, 0.25) is 5.02 Å². The van der Waals surface area contributed by atoms with Crippen molar-refractivity contribution >= 4 is 23.3 Å². The molecule has 0 unspecified atom stereocenters. The molecule has 19 heavy (non-hydrogen) atoms. The Hall–Kier alpha value is -2.08. The largest absolute Gasteiger partial charge is 0.380 e. The van der Waals surface area contributed by atoms with Gasteiger partial charge in [0.2, 0.25) is 0 Å². The van der Waals surface area contributed by atoms with Gasteiger partial charge in [-0.2, -0.15) is 5.21 Å². The van der Waals surface area contributed by atoms with Crippen molar-refractivity contribution in [3.63, 3.8) is 0 Å². The zero-order valence-corrected chi connectivity index (χ0v) is 11.3. The van der Waals surface area contributed by atoms with Crippen LogP contribution in [0.4, 0.5) is 5.82 Å². The van der Waals surface area contributed by atoms with Gasteiger partial charge in [-0.05, 0) is 31.5 Å². The van der Waals surface area contributed by atoms with Crippen LogP contribution < -0.4 is 11.1 Å². The minimum absolute atomic E-state index is 0.0689. The predicted octanol–water partition coefficient (Wildman–Crippen LogP) is 1.71. The Morgan fingerprint density at radius 1 is 1.42 bits per heavy atom. The molecule has 1 aromatic heterocycles. The van der Waals surface area contributed by atoms with Crippen molar-refractivity contribution in [2.45, 2.75) is 19.4 Å². The number of nitrogen functional groups attached to an aromatic ring is 1. The summed E-state index contributed by atoms with van der Waals surface area (Å²) in [5.41, 5.74) is 5.90. The van der Waals surface area contributed by atoms with Crippen molar-refractivity contribution in [1.82, 2.24) is 20.7 Å². The third-order valence-electron chi connectivity index (χ3n) is 2.76. The number of hydrogen-bond donors (Lipinski definition) is 3. The summed E-state index contributed by atoms with van der Waals surface area (Å²) in [6.45, 7) is 3.74. The maximum absolute atomic E-state index is 12.1. The lowest BCUT2D eigenvalue weighted by molar-refractivity contribution is 0.0908. The Morgan fingerprint density at radius 3 is 2.74 bits per heavy atom. The Balaban J connectivity index is 2.22. The van der Waals surface area contributed by atoms with Crippen molar-refractivity contribution in [1.29, 1.82) is 0 Å². The molecule has 100 valence electrons. The van der Waals surface area contributed by atoms with Crippen LogP contribution in [-0.4, -0.2) is 21.3 Å². The number of nitrogens with zero attached hydrogens (tertiary/aromatic N) is 2. The summed E-state index contributed by atoms with van der Waals surface area (Å²) in [5.74, 6) is -0.324. The summed E-state index contributed by atoms with van der Waals surface area (Å²) in [7, 11) is 0. The van der Waals surface area contributed by atoms with Gasteiger partial charge in [0.25, 0.3) is 5.91 Å². The fourth-order valence-electron chi connectivity index (χ4n) is 1.70. The lowest BCUT2D eigenvalue weighted by atomic mass is 9.94. The van der Waals surface area contributed by atoms with Gasteiger partial charge in [-0.15, -0.1) is 10.2 Å². The molecule has 1 aromatic carbocycles. The number of nitrogens with two attached hydrogens (primary N) is 1. The second-order valence-electron chi connectivity index (χ2n) is 4.65. The van der Waals surface area contributed by atoms with Gasteiger partial charge in [0.05, 0.1) is 5.54 Å². The Kier molecular flexibility index (Phi) is 3.44. The highest BCUT2D eigenvalue weighted by Crippen LogP contribution is 2.23. The molecule has 1 amide bonds. The molecule has 4 N–H and O–H groups in total. The number of aromatic amines is 1. The Labute approximate surface area is 115 Å². The van der Waals surface area contributed by atoms with Crippen molar-refractivity contribution in [2.24, 2.45) is 0 Å². The molecule has 2 aromatic rings. The molecule has 7 heteroatoms. The first-order valence-electron chi connectivity index (χ1n) is 5.65. The molecule has 2 rings (SSSR count). The summed E-state index contributed by atoms with van der Waals surface area (Å²) in [6.07, 6.45) is 0. The van der Waals surface area contributed by atoms with Crippen molar-refractivity contribution in [2.75, 3.05) is 5.73 Å². The number of nitrogens with one attached hydrogen (secondary N) is 2. The minimum atomic E-state index is -0.604. The monoisotopic (exact) mass is 279 g/mol. The number of anilines is 1. The van der Waals surface area contributed by atoms with Crippen LogP contribution in [0, 0.1) is 0 Å². The Morgan fingerprint density at radius 2 is 2.16 bits per heavy atom. The molecule has 0 aliphatic rings. The van der Waals surface area contributed by atoms with Crippen LogP contribution in [0.25, 0.3) is 0 Å². The fraction of sp³-hybridized carbons (Fsp3) is 0.250. The molecule has 0 atom stereocenters. The van der Waals surface area contributed by atoms with Gasteiger partial charge in [-0.3, -0.25) is 4.79 Å². The van der Waals surface area contributed by atoms with Crippen LogP contribution in [0.3, 0.4) is 0 Å². The first kappa shape index (κ1) is 13.4. The van der Waals surface area contributed by atoms with Gasteiger partial charge in [0, 0.05) is 5.02 Å². The molecule has 0 bridgehead atoms. The fourth-order valence-corrected chi connectivity index (χ4v) is 1.89. The van der Waals surface area contributed by atoms with Crippen LogP contribution in [-0.2, 0) is 5.54 Å². The lowest BCUT2D eigenvalue weighted by Gasteiger charge is -2.26. The van der Waals surface area contributed by atoms with E-state index in [1.807, 2.05) is 26.0 Å². The summed E-state index contributed by atoms with van der Waals surface area (Å²) < 4.78 is 0. The van der Waals surface area contributed by atoms with Crippen molar-refractivity contribution in [3.05, 3.63) is 40.5 Å². The van der Waals surface area contributed by atoms with E-state index in [2.05, 4.69) is 20.7 Å². The average Bonchev–Trinajstić information content (AvgIpc) is 2.75. The van der Waals surface area contributed by atoms with E-state index in [-0.39, 0.29) is 11.5 Å². The number of carbonyl (C=O) groups excluding carboxylic acids is 1. The van der Waals surface area contributed by atoms with Gasteiger partial charge in [-0.25, -0.2) is 0 Å². The molecule has 0 saturated carbocycles. The predicted molar refractivity (Wildman–Crippen MR) is 72.7 cm³/mol. The molecule has 0 fully saturated rings. The first-order chi connectivity index (χ1) is 8.90. The molecular weight excluding hydrogens is 266 g/mol. The van der Waals surface area contributed by atoms with E-state index in [0.717, 1.165) is 5.56 Å². The number of aromatic nitrogens is 3. The zero-order valence-electron chi connectivity index (χ0n) is 10.6. The summed E-state index contributed by atoms with van der Waals surface area (Å²) in [6, 6.07) is 7.29. The maximum Gasteiger partial charge on any atom is 0.276 e. The van der Waals surface area contributed by atoms with E-state index in [4.69, 9.17) is 17.3 Å². The van der Waals surface area contributed by atoms with E-state index in [9.17, 15) is 4.79 Å². The van der Waals surface area contributed by atoms with E-state index in [1.54, 1.807) is 12.1 Å². The SMILES string of the molecule is CC(C)(NC(=O)c1n[nH]nc1N)c1cccc(Cl)c1. The summed E-state index contributed by atoms with van der Waals surface area (Å²) >= 11 is 5.95. The highest BCUT2D eigenvalue weighted by Gasteiger charge is 2.26. The number of rotatable bonds is 3. The van der Waals surface area contributed by atoms with Crippen LogP contribution >= 0.6 is 11.6 Å². The van der Waals surface area contributed by atoms with Crippen LogP contribution in [0.15, 0.2) is 24.3 Å². The molecule has 0 saturated heterocycles. The highest BCUT2D eigenvalue weighted by atomic mass is 35.5. The minimum Gasteiger partial charge on any atom is -0.380 e. The van der Waals surface area contributed by atoms with Crippen LogP contribution in [0.5, 0.6) is 0 Å². The van der Waals surface area contributed by atoms with Gasteiger partial charge in [0.15, 0.2) is 11.5 Å². The number of amides is 1. The summed E-state index contributed by atoms with van der Waals surface area (Å²) in [4.78, 5) is 12.1. The Bertz CT molecular complexity index is 608. The smallest absolute Gasteiger partial charge is 0.276 e. The average molecular weight is 280 g/mol. The molecule has 1 heterocycles. The topological polar surface area (TPSA) is 96.7 Å². The second kappa shape index (κ2) is 4.89. The number of carbonyl (C=O) groups is 1. The highest BCUT2D eigenvalue weighted by molar-refractivity contribution is 6.30. The van der Waals surface area contributed by atoms with Crippen molar-refractivity contribution < 1.29 is 4.79 Å². The van der Waals surface area contributed by atoms with Crippen LogP contribution in [0.1, 0.15) is 29.9 Å². The molecule has 0 radical (unpaired) electrons. The number of hydrogen-bond acceptors (Lipinski definition) is 4. The second-order valence-corrected chi connectivity index (χ2v) is 5.08. The van der Waals surface area contributed by atoms with E-state index >= 15 is 0 Å². The quantitative estimate of drug-likeness (QED) is 0.797. The molecular formula is C12H14ClN5O. The normalized spacial score (nSPS) is 11.3.